The Morgan fingerprint density at radius 3 is 2.85 bits per heavy atom. The fourth-order valence-corrected chi connectivity index (χ4v) is 3.40. The van der Waals surface area contributed by atoms with Crippen LogP contribution >= 0.6 is 22.9 Å². The van der Waals surface area contributed by atoms with Gasteiger partial charge in [0.05, 0.1) is 11.3 Å². The Labute approximate surface area is 123 Å². The number of benzene rings is 1. The number of alkyl halides is 1. The average molecular weight is 309 g/mol. The Bertz CT molecular complexity index is 856. The van der Waals surface area contributed by atoms with E-state index >= 15 is 0 Å². The van der Waals surface area contributed by atoms with Crippen molar-refractivity contribution in [3.63, 3.8) is 0 Å². The summed E-state index contributed by atoms with van der Waals surface area (Å²) >= 11 is 7.07. The van der Waals surface area contributed by atoms with E-state index in [0.717, 1.165) is 4.88 Å². The third-order valence-corrected chi connectivity index (χ3v) is 4.31. The van der Waals surface area contributed by atoms with Gasteiger partial charge >= 0.3 is 0 Å². The first-order valence-corrected chi connectivity index (χ1v) is 7.30. The molecule has 2 heterocycles. The van der Waals surface area contributed by atoms with Crippen LogP contribution in [0.15, 0.2) is 29.1 Å². The van der Waals surface area contributed by atoms with Gasteiger partial charge in [-0.25, -0.2) is 9.37 Å². The van der Waals surface area contributed by atoms with Crippen molar-refractivity contribution in [3.05, 3.63) is 51.1 Å². The molecule has 3 rings (SSSR count). The van der Waals surface area contributed by atoms with Gasteiger partial charge in [0.2, 0.25) is 0 Å². The highest BCUT2D eigenvalue weighted by Gasteiger charge is 2.18. The molecule has 0 aliphatic heterocycles. The molecule has 1 N–H and O–H groups in total. The molecule has 0 unspecified atom stereocenters. The molecule has 0 bridgehead atoms. The van der Waals surface area contributed by atoms with E-state index in [2.05, 4.69) is 9.97 Å². The Morgan fingerprint density at radius 1 is 1.40 bits per heavy atom. The normalized spacial score (nSPS) is 11.2. The SMILES string of the molecule is Cc1sc2nc(CCl)[nH]c(=O)c2c1-c1ccccc1F. The number of aromatic amines is 1. The maximum atomic E-state index is 14.0. The molecule has 102 valence electrons. The molecule has 0 aliphatic rings. The van der Waals surface area contributed by atoms with Gasteiger partial charge in [-0.1, -0.05) is 18.2 Å². The van der Waals surface area contributed by atoms with Crippen LogP contribution in [0.4, 0.5) is 4.39 Å². The van der Waals surface area contributed by atoms with E-state index in [0.29, 0.717) is 27.2 Å². The summed E-state index contributed by atoms with van der Waals surface area (Å²) in [6.07, 6.45) is 0. The maximum absolute atomic E-state index is 14.0. The first kappa shape index (κ1) is 13.3. The zero-order chi connectivity index (χ0) is 14.3. The molecule has 0 atom stereocenters. The summed E-state index contributed by atoms with van der Waals surface area (Å²) in [7, 11) is 0. The molecule has 3 nitrogen and oxygen atoms in total. The second-order valence-electron chi connectivity index (χ2n) is 4.34. The van der Waals surface area contributed by atoms with E-state index in [1.54, 1.807) is 18.2 Å². The van der Waals surface area contributed by atoms with Gasteiger partial charge in [-0.05, 0) is 13.0 Å². The largest absolute Gasteiger partial charge is 0.309 e. The number of hydrogen-bond donors (Lipinski definition) is 1. The van der Waals surface area contributed by atoms with Gasteiger partial charge in [0, 0.05) is 16.0 Å². The minimum Gasteiger partial charge on any atom is -0.309 e. The number of thiophene rings is 1. The molecule has 0 fully saturated rings. The summed E-state index contributed by atoms with van der Waals surface area (Å²) in [6.45, 7) is 1.86. The van der Waals surface area contributed by atoms with Crippen LogP contribution in [0.1, 0.15) is 10.7 Å². The predicted molar refractivity (Wildman–Crippen MR) is 79.9 cm³/mol. The molecular formula is C14H10ClFN2OS. The van der Waals surface area contributed by atoms with Gasteiger partial charge < -0.3 is 4.98 Å². The number of fused-ring (bicyclic) bond motifs is 1. The smallest absolute Gasteiger partial charge is 0.260 e. The van der Waals surface area contributed by atoms with E-state index in [-0.39, 0.29) is 17.3 Å². The van der Waals surface area contributed by atoms with E-state index in [4.69, 9.17) is 11.6 Å². The van der Waals surface area contributed by atoms with Gasteiger partial charge in [0.1, 0.15) is 16.5 Å². The van der Waals surface area contributed by atoms with E-state index < -0.39 is 0 Å². The Morgan fingerprint density at radius 2 is 2.15 bits per heavy atom. The molecule has 1 aromatic carbocycles. The molecule has 20 heavy (non-hydrogen) atoms. The average Bonchev–Trinajstić information content (AvgIpc) is 2.76. The Hall–Kier alpha value is -1.72. The maximum Gasteiger partial charge on any atom is 0.260 e. The lowest BCUT2D eigenvalue weighted by molar-refractivity contribution is 0.631. The molecule has 0 saturated carbocycles. The van der Waals surface area contributed by atoms with Crippen LogP contribution in [-0.4, -0.2) is 9.97 Å². The molecule has 0 saturated heterocycles. The number of rotatable bonds is 2. The number of nitrogens with zero attached hydrogens (tertiary/aromatic N) is 1. The second kappa shape index (κ2) is 5.00. The predicted octanol–water partition coefficient (Wildman–Crippen LogP) is 3.84. The number of hydrogen-bond acceptors (Lipinski definition) is 3. The zero-order valence-electron chi connectivity index (χ0n) is 10.5. The van der Waals surface area contributed by atoms with Crippen molar-refractivity contribution in [3.8, 4) is 11.1 Å². The van der Waals surface area contributed by atoms with Gasteiger partial charge in [0.15, 0.2) is 0 Å². The number of aryl methyl sites for hydroxylation is 1. The molecule has 3 aromatic rings. The minimum absolute atomic E-state index is 0.136. The summed E-state index contributed by atoms with van der Waals surface area (Å²) in [5.41, 5.74) is 0.744. The van der Waals surface area contributed by atoms with Gasteiger partial charge in [-0.2, -0.15) is 0 Å². The summed E-state index contributed by atoms with van der Waals surface area (Å²) in [5, 5.41) is 0.423. The van der Waals surface area contributed by atoms with E-state index in [1.807, 2.05) is 6.92 Å². The van der Waals surface area contributed by atoms with Crippen LogP contribution in [0.25, 0.3) is 21.3 Å². The molecule has 6 heteroatoms. The number of aromatic nitrogens is 2. The van der Waals surface area contributed by atoms with Gasteiger partial charge in [-0.3, -0.25) is 4.79 Å². The lowest BCUT2D eigenvalue weighted by atomic mass is 10.0. The van der Waals surface area contributed by atoms with E-state index in [1.165, 1.54) is 17.4 Å². The minimum atomic E-state index is -0.351. The summed E-state index contributed by atoms with van der Waals surface area (Å²) < 4.78 is 14.0. The quantitative estimate of drug-likeness (QED) is 0.731. The highest BCUT2D eigenvalue weighted by atomic mass is 35.5. The number of H-pyrrole nitrogens is 1. The second-order valence-corrected chi connectivity index (χ2v) is 5.81. The lowest BCUT2D eigenvalue weighted by Gasteiger charge is -2.03. The third kappa shape index (κ3) is 2.03. The van der Waals surface area contributed by atoms with Crippen molar-refractivity contribution in [2.45, 2.75) is 12.8 Å². The summed E-state index contributed by atoms with van der Waals surface area (Å²) in [4.78, 5) is 20.6. The van der Waals surface area contributed by atoms with Crippen LogP contribution in [0.5, 0.6) is 0 Å². The molecule has 0 radical (unpaired) electrons. The third-order valence-electron chi connectivity index (χ3n) is 3.06. The van der Waals surface area contributed by atoms with Crippen molar-refractivity contribution < 1.29 is 4.39 Å². The van der Waals surface area contributed by atoms with Crippen LogP contribution in [0.3, 0.4) is 0 Å². The Kier molecular flexibility index (Phi) is 3.31. The first-order chi connectivity index (χ1) is 9.61. The lowest BCUT2D eigenvalue weighted by Crippen LogP contribution is -2.10. The fraction of sp³-hybridized carbons (Fsp3) is 0.143. The Balaban J connectivity index is 2.40. The molecular weight excluding hydrogens is 299 g/mol. The van der Waals surface area contributed by atoms with Crippen molar-refractivity contribution >= 4 is 33.2 Å². The van der Waals surface area contributed by atoms with Crippen LogP contribution < -0.4 is 5.56 Å². The summed E-state index contributed by atoms with van der Waals surface area (Å²) in [5.74, 6) is 0.207. The van der Waals surface area contributed by atoms with Gasteiger partial charge in [-0.15, -0.1) is 22.9 Å². The van der Waals surface area contributed by atoms with Crippen LogP contribution in [0.2, 0.25) is 0 Å². The molecule has 0 amide bonds. The summed E-state index contributed by atoms with van der Waals surface area (Å²) in [6, 6.07) is 6.42. The van der Waals surface area contributed by atoms with Gasteiger partial charge in [0.25, 0.3) is 5.56 Å². The van der Waals surface area contributed by atoms with Crippen LogP contribution in [-0.2, 0) is 5.88 Å². The van der Waals surface area contributed by atoms with Crippen molar-refractivity contribution in [1.82, 2.24) is 9.97 Å². The van der Waals surface area contributed by atoms with Crippen LogP contribution in [0, 0.1) is 12.7 Å². The first-order valence-electron chi connectivity index (χ1n) is 5.95. The van der Waals surface area contributed by atoms with Crippen molar-refractivity contribution in [2.75, 3.05) is 0 Å². The standard InChI is InChI=1S/C14H10ClFN2OS/c1-7-11(8-4-2-3-5-9(8)16)12-13(19)17-10(6-15)18-14(12)20-7/h2-5H,6H2,1H3,(H,17,18,19). The van der Waals surface area contributed by atoms with Crippen molar-refractivity contribution in [2.24, 2.45) is 0 Å². The zero-order valence-corrected chi connectivity index (χ0v) is 12.1. The van der Waals surface area contributed by atoms with Crippen molar-refractivity contribution in [1.29, 1.82) is 0 Å². The number of halogens is 2. The number of nitrogens with one attached hydrogen (secondary N) is 1. The monoisotopic (exact) mass is 308 g/mol. The molecule has 0 spiro atoms. The topological polar surface area (TPSA) is 45.8 Å². The van der Waals surface area contributed by atoms with E-state index in [9.17, 15) is 9.18 Å². The molecule has 2 aromatic heterocycles. The highest BCUT2D eigenvalue weighted by molar-refractivity contribution is 7.19. The fourth-order valence-electron chi connectivity index (χ4n) is 2.22. The highest BCUT2D eigenvalue weighted by Crippen LogP contribution is 2.36. The molecule has 0 aliphatic carbocycles.